The number of nitrogens with one attached hydrogen (secondary N) is 1. The number of anilines is 2. The van der Waals surface area contributed by atoms with Crippen LogP contribution in [0.3, 0.4) is 0 Å². The average Bonchev–Trinajstić information content (AvgIpc) is 2.80. The lowest BCUT2D eigenvalue weighted by molar-refractivity contribution is 0.0596. The van der Waals surface area contributed by atoms with Crippen LogP contribution < -0.4 is 11.1 Å². The largest absolute Gasteiger partial charge is 0.465 e. The summed E-state index contributed by atoms with van der Waals surface area (Å²) < 4.78 is 8.88. The van der Waals surface area contributed by atoms with Crippen LogP contribution in [0.15, 0.2) is 0 Å². The number of hydrogen-bond donors (Lipinski definition) is 2. The number of nitrogens with two attached hydrogens (primary N) is 1. The fraction of sp³-hybridized carbons (Fsp3) is 0.714. The molecule has 0 amide bonds. The van der Waals surface area contributed by atoms with E-state index in [1.807, 2.05) is 0 Å². The molecule has 2 fully saturated rings. The summed E-state index contributed by atoms with van der Waals surface area (Å²) in [6, 6.07) is 1.66. The van der Waals surface area contributed by atoms with E-state index in [-0.39, 0.29) is 5.82 Å². The predicted octanol–water partition coefficient (Wildman–Crippen LogP) is 1.94. The van der Waals surface area contributed by atoms with Crippen LogP contribution in [0.25, 0.3) is 0 Å². The Morgan fingerprint density at radius 3 is 2.71 bits per heavy atom. The average molecular weight is 310 g/mol. The van der Waals surface area contributed by atoms with Crippen LogP contribution in [-0.4, -0.2) is 47.5 Å². The van der Waals surface area contributed by atoms with Gasteiger partial charge in [-0.25, -0.2) is 4.79 Å². The molecule has 0 saturated carbocycles. The molecule has 2 unspecified atom stereocenters. The smallest absolute Gasteiger partial charge is 0.344 e. The summed E-state index contributed by atoms with van der Waals surface area (Å²) in [5.41, 5.74) is 6.17. The van der Waals surface area contributed by atoms with Crippen molar-refractivity contribution in [2.24, 2.45) is 0 Å². The zero-order valence-electron chi connectivity index (χ0n) is 12.5. The van der Waals surface area contributed by atoms with E-state index in [1.165, 1.54) is 37.9 Å². The highest BCUT2D eigenvalue weighted by Crippen LogP contribution is 2.36. The second-order valence-electron chi connectivity index (χ2n) is 5.98. The topological polar surface area (TPSA) is 80.5 Å². The number of carbonyl (C=O) groups excluding carboxylic acids is 1. The molecular formula is C14H22N4O2S. The van der Waals surface area contributed by atoms with E-state index >= 15 is 0 Å². The van der Waals surface area contributed by atoms with Gasteiger partial charge in [0.25, 0.3) is 0 Å². The van der Waals surface area contributed by atoms with Crippen molar-refractivity contribution in [3.63, 3.8) is 0 Å². The summed E-state index contributed by atoms with van der Waals surface area (Å²) in [6.45, 7) is 0. The van der Waals surface area contributed by atoms with Gasteiger partial charge in [0.2, 0.25) is 0 Å². The first-order chi connectivity index (χ1) is 10.1. The molecule has 1 aromatic rings. The van der Waals surface area contributed by atoms with Gasteiger partial charge in [-0.15, -0.1) is 0 Å². The van der Waals surface area contributed by atoms with Crippen molar-refractivity contribution in [3.05, 3.63) is 5.56 Å². The van der Waals surface area contributed by atoms with E-state index in [0.29, 0.717) is 23.7 Å². The van der Waals surface area contributed by atoms with E-state index in [9.17, 15) is 4.79 Å². The maximum Gasteiger partial charge on any atom is 0.344 e. The van der Waals surface area contributed by atoms with Crippen molar-refractivity contribution in [1.29, 1.82) is 0 Å². The number of methoxy groups -OCH3 is 1. The molecule has 0 radical (unpaired) electrons. The number of piperidine rings is 2. The summed E-state index contributed by atoms with van der Waals surface area (Å²) in [4.78, 5) is 14.3. The number of esters is 1. The maximum atomic E-state index is 11.8. The summed E-state index contributed by atoms with van der Waals surface area (Å²) >= 11 is 1.24. The minimum absolute atomic E-state index is 0.252. The summed E-state index contributed by atoms with van der Waals surface area (Å²) in [7, 11) is 3.60. The summed E-state index contributed by atoms with van der Waals surface area (Å²) in [5.74, 6) is -0.167. The van der Waals surface area contributed by atoms with Crippen LogP contribution in [0.4, 0.5) is 10.8 Å². The predicted molar refractivity (Wildman–Crippen MR) is 83.7 cm³/mol. The molecule has 7 heteroatoms. The van der Waals surface area contributed by atoms with E-state index in [4.69, 9.17) is 10.5 Å². The fourth-order valence-corrected chi connectivity index (χ4v) is 4.40. The first-order valence-electron chi connectivity index (χ1n) is 7.42. The lowest BCUT2D eigenvalue weighted by Gasteiger charge is -2.47. The van der Waals surface area contributed by atoms with Crippen LogP contribution in [-0.2, 0) is 4.74 Å². The number of rotatable bonds is 3. The monoisotopic (exact) mass is 310 g/mol. The molecule has 0 aromatic carbocycles. The number of nitrogen functional groups attached to an aromatic ring is 1. The Morgan fingerprint density at radius 2 is 2.10 bits per heavy atom. The normalized spacial score (nSPS) is 29.1. The van der Waals surface area contributed by atoms with E-state index in [1.54, 1.807) is 0 Å². The summed E-state index contributed by atoms with van der Waals surface area (Å²) in [6.07, 6.45) is 6.06. The highest BCUT2D eigenvalue weighted by molar-refractivity contribution is 7.11. The molecule has 2 aliphatic heterocycles. The third-order valence-corrected chi connectivity index (χ3v) is 5.58. The Hall–Kier alpha value is -1.34. The van der Waals surface area contributed by atoms with Crippen molar-refractivity contribution in [2.75, 3.05) is 25.2 Å². The zero-order valence-corrected chi connectivity index (χ0v) is 13.3. The quantitative estimate of drug-likeness (QED) is 0.831. The molecule has 21 heavy (non-hydrogen) atoms. The SMILES string of the molecule is COC(=O)c1c(N)nsc1NC1CC2CCCC(C1)N2C. The molecule has 3 N–H and O–H groups in total. The molecule has 2 saturated heterocycles. The standard InChI is InChI=1S/C14H22N4O2S/c1-18-9-4-3-5-10(18)7-8(6-9)16-13-11(14(19)20-2)12(15)17-21-13/h8-10,16H,3-7H2,1-2H3,(H2,15,17). The van der Waals surface area contributed by atoms with Crippen LogP contribution in [0.5, 0.6) is 0 Å². The molecule has 0 aliphatic carbocycles. The van der Waals surface area contributed by atoms with Crippen LogP contribution in [0.2, 0.25) is 0 Å². The lowest BCUT2D eigenvalue weighted by Crippen LogP contribution is -2.52. The van der Waals surface area contributed by atoms with E-state index in [2.05, 4.69) is 21.6 Å². The van der Waals surface area contributed by atoms with Gasteiger partial charge in [0.1, 0.15) is 10.6 Å². The molecule has 1 aromatic heterocycles. The molecule has 2 bridgehead atoms. The lowest BCUT2D eigenvalue weighted by atomic mass is 9.82. The molecular weight excluding hydrogens is 288 g/mol. The van der Waals surface area contributed by atoms with Gasteiger partial charge in [-0.05, 0) is 44.3 Å². The minimum Gasteiger partial charge on any atom is -0.465 e. The number of carbonyl (C=O) groups is 1. The number of ether oxygens (including phenoxy) is 1. The second-order valence-corrected chi connectivity index (χ2v) is 6.75. The fourth-order valence-electron chi connectivity index (χ4n) is 3.62. The molecule has 3 rings (SSSR count). The number of hydrogen-bond acceptors (Lipinski definition) is 7. The molecule has 6 nitrogen and oxygen atoms in total. The highest BCUT2D eigenvalue weighted by Gasteiger charge is 2.36. The van der Waals surface area contributed by atoms with Crippen molar-refractivity contribution >= 4 is 28.3 Å². The van der Waals surface area contributed by atoms with Crippen LogP contribution >= 0.6 is 11.5 Å². The zero-order chi connectivity index (χ0) is 15.0. The Kier molecular flexibility index (Phi) is 4.03. The maximum absolute atomic E-state index is 11.8. The van der Waals surface area contributed by atoms with E-state index < -0.39 is 5.97 Å². The first kappa shape index (κ1) is 14.6. The van der Waals surface area contributed by atoms with Crippen LogP contribution in [0, 0.1) is 0 Å². The van der Waals surface area contributed by atoms with Crippen molar-refractivity contribution < 1.29 is 9.53 Å². The Bertz CT molecular complexity index is 519. The third kappa shape index (κ3) is 2.72. The van der Waals surface area contributed by atoms with Gasteiger partial charge >= 0.3 is 5.97 Å². The Balaban J connectivity index is 1.74. The van der Waals surface area contributed by atoms with Crippen molar-refractivity contribution in [1.82, 2.24) is 9.27 Å². The molecule has 2 atom stereocenters. The van der Waals surface area contributed by atoms with Gasteiger partial charge in [0.05, 0.1) is 7.11 Å². The van der Waals surface area contributed by atoms with Crippen molar-refractivity contribution in [3.8, 4) is 0 Å². The molecule has 2 aliphatic rings. The molecule has 0 spiro atoms. The van der Waals surface area contributed by atoms with E-state index in [0.717, 1.165) is 17.8 Å². The second kappa shape index (κ2) is 5.81. The highest BCUT2D eigenvalue weighted by atomic mass is 32.1. The third-order valence-electron chi connectivity index (χ3n) is 4.78. The van der Waals surface area contributed by atoms with Gasteiger partial charge in [-0.3, -0.25) is 0 Å². The Labute approximate surface area is 128 Å². The Morgan fingerprint density at radius 1 is 1.43 bits per heavy atom. The van der Waals surface area contributed by atoms with Crippen molar-refractivity contribution in [2.45, 2.75) is 50.2 Å². The first-order valence-corrected chi connectivity index (χ1v) is 8.19. The van der Waals surface area contributed by atoms with Gasteiger partial charge in [-0.1, -0.05) is 6.42 Å². The van der Waals surface area contributed by atoms with Gasteiger partial charge in [0, 0.05) is 18.1 Å². The number of nitrogens with zero attached hydrogens (tertiary/aromatic N) is 2. The molecule has 116 valence electrons. The number of aromatic nitrogens is 1. The molecule has 3 heterocycles. The van der Waals surface area contributed by atoms with Gasteiger partial charge in [-0.2, -0.15) is 4.37 Å². The van der Waals surface area contributed by atoms with Crippen LogP contribution in [0.1, 0.15) is 42.5 Å². The van der Waals surface area contributed by atoms with Gasteiger partial charge in [0.15, 0.2) is 5.82 Å². The minimum atomic E-state index is -0.420. The van der Waals surface area contributed by atoms with Gasteiger partial charge < -0.3 is 20.7 Å². The number of fused-ring (bicyclic) bond motifs is 2. The summed E-state index contributed by atoms with van der Waals surface area (Å²) in [5, 5.41) is 4.23.